The number of rotatable bonds is 8. The van der Waals surface area contributed by atoms with Crippen molar-refractivity contribution in [3.63, 3.8) is 0 Å². The van der Waals surface area contributed by atoms with E-state index in [9.17, 15) is 14.4 Å². The van der Waals surface area contributed by atoms with Gasteiger partial charge in [0.15, 0.2) is 5.78 Å². The molecule has 4 aromatic rings. The number of allylic oxidation sites excluding steroid dienone is 1. The number of nitrogens with one attached hydrogen (secondary N) is 2. The third-order valence-corrected chi connectivity index (χ3v) is 6.01. The number of carbonyl (C=O) groups excluding carboxylic acids is 3. The Morgan fingerprint density at radius 3 is 2.13 bits per heavy atom. The zero-order chi connectivity index (χ0) is 26.9. The number of hydrogen-bond acceptors (Lipinski definition) is 4. The molecule has 188 valence electrons. The Balaban J connectivity index is 1.49. The van der Waals surface area contributed by atoms with Gasteiger partial charge in [-0.15, -0.1) is 0 Å². The fourth-order valence-corrected chi connectivity index (χ4v) is 3.94. The number of anilines is 1. The second-order valence-corrected chi connectivity index (χ2v) is 8.84. The minimum Gasteiger partial charge on any atom is -0.321 e. The maximum absolute atomic E-state index is 13.1. The molecule has 0 saturated heterocycles. The number of carbonyl (C=O) groups is 3. The highest BCUT2D eigenvalue weighted by molar-refractivity contribution is 6.37. The summed E-state index contributed by atoms with van der Waals surface area (Å²) in [5.41, 5.74) is 2.48. The maximum Gasteiger partial charge on any atom is 0.272 e. The van der Waals surface area contributed by atoms with Crippen molar-refractivity contribution in [3.05, 3.63) is 141 Å². The van der Waals surface area contributed by atoms with Gasteiger partial charge in [-0.1, -0.05) is 53.5 Å². The molecule has 2 N–H and O–H groups in total. The second-order valence-electron chi connectivity index (χ2n) is 8.03. The molecule has 0 atom stereocenters. The van der Waals surface area contributed by atoms with Crippen LogP contribution in [-0.4, -0.2) is 22.6 Å². The first-order valence-corrected chi connectivity index (χ1v) is 12.2. The molecular formula is C30H21Cl2N3O3. The van der Waals surface area contributed by atoms with E-state index >= 15 is 0 Å². The van der Waals surface area contributed by atoms with Crippen molar-refractivity contribution < 1.29 is 14.4 Å². The summed E-state index contributed by atoms with van der Waals surface area (Å²) < 4.78 is 0. The molecule has 6 nitrogen and oxygen atoms in total. The van der Waals surface area contributed by atoms with Crippen LogP contribution in [0.25, 0.3) is 12.2 Å². The summed E-state index contributed by atoms with van der Waals surface area (Å²) in [4.78, 5) is 42.5. The van der Waals surface area contributed by atoms with Crippen LogP contribution in [0.4, 0.5) is 5.69 Å². The van der Waals surface area contributed by atoms with Crippen LogP contribution in [0.15, 0.2) is 109 Å². The quantitative estimate of drug-likeness (QED) is 0.192. The molecule has 0 fully saturated rings. The minimum atomic E-state index is -0.537. The third-order valence-electron chi connectivity index (χ3n) is 5.35. The van der Waals surface area contributed by atoms with Gasteiger partial charge in [0.1, 0.15) is 5.70 Å². The first kappa shape index (κ1) is 26.5. The van der Waals surface area contributed by atoms with Gasteiger partial charge in [-0.25, -0.2) is 0 Å². The average molecular weight is 542 g/mol. The number of nitrogens with zero attached hydrogens (tertiary/aromatic N) is 1. The van der Waals surface area contributed by atoms with Crippen molar-refractivity contribution >= 4 is 58.6 Å². The zero-order valence-corrected chi connectivity index (χ0v) is 21.4. The summed E-state index contributed by atoms with van der Waals surface area (Å²) in [6.45, 7) is 0. The molecule has 1 heterocycles. The Morgan fingerprint density at radius 2 is 1.47 bits per heavy atom. The number of amides is 2. The van der Waals surface area contributed by atoms with Crippen LogP contribution in [0, 0.1) is 0 Å². The third kappa shape index (κ3) is 7.03. The second kappa shape index (κ2) is 12.6. The van der Waals surface area contributed by atoms with Crippen LogP contribution in [-0.2, 0) is 4.79 Å². The number of benzene rings is 3. The van der Waals surface area contributed by atoms with E-state index in [-0.39, 0.29) is 11.5 Å². The molecule has 0 aliphatic heterocycles. The van der Waals surface area contributed by atoms with Crippen LogP contribution in [0.5, 0.6) is 0 Å². The minimum absolute atomic E-state index is 0.0338. The molecule has 8 heteroatoms. The lowest BCUT2D eigenvalue weighted by atomic mass is 10.1. The van der Waals surface area contributed by atoms with Crippen molar-refractivity contribution in [1.82, 2.24) is 10.3 Å². The van der Waals surface area contributed by atoms with E-state index in [4.69, 9.17) is 23.2 Å². The number of hydrogen-bond donors (Lipinski definition) is 2. The Bertz CT molecular complexity index is 1500. The summed E-state index contributed by atoms with van der Waals surface area (Å²) in [7, 11) is 0. The van der Waals surface area contributed by atoms with Crippen LogP contribution in [0.1, 0.15) is 31.8 Å². The van der Waals surface area contributed by atoms with Crippen molar-refractivity contribution in [3.8, 4) is 0 Å². The predicted octanol–water partition coefficient (Wildman–Crippen LogP) is 6.69. The van der Waals surface area contributed by atoms with Crippen molar-refractivity contribution in [2.75, 3.05) is 5.32 Å². The Labute approximate surface area is 229 Å². The molecule has 0 aliphatic rings. The van der Waals surface area contributed by atoms with Gasteiger partial charge >= 0.3 is 0 Å². The van der Waals surface area contributed by atoms with E-state index in [1.54, 1.807) is 103 Å². The molecule has 0 radical (unpaired) electrons. The molecular weight excluding hydrogens is 521 g/mol. The molecule has 0 bridgehead atoms. The van der Waals surface area contributed by atoms with Gasteiger partial charge in [0.2, 0.25) is 0 Å². The summed E-state index contributed by atoms with van der Waals surface area (Å²) in [5, 5.41) is 6.30. The fraction of sp³-hybridized carbons (Fsp3) is 0. The van der Waals surface area contributed by atoms with Crippen LogP contribution in [0.2, 0.25) is 10.0 Å². The van der Waals surface area contributed by atoms with E-state index in [1.165, 1.54) is 12.2 Å². The highest BCUT2D eigenvalue weighted by Crippen LogP contribution is 2.25. The number of ketones is 1. The Morgan fingerprint density at radius 1 is 0.763 bits per heavy atom. The van der Waals surface area contributed by atoms with E-state index in [0.717, 1.165) is 0 Å². The first-order valence-electron chi connectivity index (χ1n) is 11.5. The molecule has 0 aliphatic carbocycles. The van der Waals surface area contributed by atoms with Crippen LogP contribution < -0.4 is 10.6 Å². The summed E-state index contributed by atoms with van der Waals surface area (Å²) in [6, 6.07) is 23.5. The largest absolute Gasteiger partial charge is 0.321 e. The van der Waals surface area contributed by atoms with Gasteiger partial charge in [-0.3, -0.25) is 19.4 Å². The molecule has 0 spiro atoms. The van der Waals surface area contributed by atoms with Gasteiger partial charge in [0.25, 0.3) is 11.8 Å². The first-order chi connectivity index (χ1) is 18.4. The van der Waals surface area contributed by atoms with E-state index in [0.29, 0.717) is 38.0 Å². The lowest BCUT2D eigenvalue weighted by Crippen LogP contribution is -2.30. The van der Waals surface area contributed by atoms with E-state index < -0.39 is 11.8 Å². The monoisotopic (exact) mass is 541 g/mol. The van der Waals surface area contributed by atoms with Crippen molar-refractivity contribution in [2.45, 2.75) is 0 Å². The molecule has 0 unspecified atom stereocenters. The normalized spacial score (nSPS) is 11.3. The van der Waals surface area contributed by atoms with Gasteiger partial charge in [0, 0.05) is 44.8 Å². The molecule has 38 heavy (non-hydrogen) atoms. The molecule has 1 aromatic heterocycles. The van der Waals surface area contributed by atoms with Gasteiger partial charge in [0.05, 0.1) is 0 Å². The highest BCUT2D eigenvalue weighted by Gasteiger charge is 2.15. The van der Waals surface area contributed by atoms with Gasteiger partial charge < -0.3 is 10.6 Å². The lowest BCUT2D eigenvalue weighted by molar-refractivity contribution is -0.113. The SMILES string of the molecule is O=C(Nc1ccc(C(=O)/C=C/c2c(Cl)cccc2Cl)cc1)/C(=C/c1cccnc1)NC(=O)c1ccccc1. The molecule has 0 saturated carbocycles. The maximum atomic E-state index is 13.1. The summed E-state index contributed by atoms with van der Waals surface area (Å²) in [6.07, 6.45) is 7.67. The summed E-state index contributed by atoms with van der Waals surface area (Å²) >= 11 is 12.3. The zero-order valence-electron chi connectivity index (χ0n) is 19.9. The molecule has 2 amide bonds. The highest BCUT2D eigenvalue weighted by atomic mass is 35.5. The predicted molar refractivity (Wildman–Crippen MR) is 151 cm³/mol. The standard InChI is InChI=1S/C30H21Cl2N3O3/c31-25-9-4-10-26(32)24(25)15-16-28(36)21-11-13-23(14-12-21)34-30(38)27(18-20-6-5-17-33-19-20)35-29(37)22-7-2-1-3-8-22/h1-19H,(H,34,38)(H,35,37)/b16-15+,27-18-. The van der Waals surface area contributed by atoms with Gasteiger partial charge in [-0.2, -0.15) is 0 Å². The average Bonchev–Trinajstić information content (AvgIpc) is 2.93. The smallest absolute Gasteiger partial charge is 0.272 e. The van der Waals surface area contributed by atoms with Gasteiger partial charge in [-0.05, 0) is 78.4 Å². The summed E-state index contributed by atoms with van der Waals surface area (Å²) in [5.74, 6) is -1.22. The topological polar surface area (TPSA) is 88.2 Å². The molecule has 4 rings (SSSR count). The lowest BCUT2D eigenvalue weighted by Gasteiger charge is -2.11. The molecule has 3 aromatic carbocycles. The van der Waals surface area contributed by atoms with Crippen LogP contribution >= 0.6 is 23.2 Å². The Kier molecular flexibility index (Phi) is 8.82. The van der Waals surface area contributed by atoms with Crippen molar-refractivity contribution in [2.24, 2.45) is 0 Å². The van der Waals surface area contributed by atoms with Crippen LogP contribution in [0.3, 0.4) is 0 Å². The fourth-order valence-electron chi connectivity index (χ4n) is 3.41. The number of halogens is 2. The van der Waals surface area contributed by atoms with Crippen molar-refractivity contribution in [1.29, 1.82) is 0 Å². The van der Waals surface area contributed by atoms with E-state index in [1.807, 2.05) is 0 Å². The number of aromatic nitrogens is 1. The number of pyridine rings is 1. The van der Waals surface area contributed by atoms with E-state index in [2.05, 4.69) is 15.6 Å². The Hall–Kier alpha value is -4.52.